The second-order valence-electron chi connectivity index (χ2n) is 8.58. The number of fused-ring (bicyclic) bond motifs is 1. The number of hydrogen-bond acceptors (Lipinski definition) is 7. The Kier molecular flexibility index (Phi) is 7.28. The van der Waals surface area contributed by atoms with E-state index in [1.54, 1.807) is 17.0 Å². The summed E-state index contributed by atoms with van der Waals surface area (Å²) >= 11 is 0. The van der Waals surface area contributed by atoms with Gasteiger partial charge < -0.3 is 24.4 Å². The number of nitrogens with zero attached hydrogens (tertiary/aromatic N) is 2. The molecule has 10 nitrogen and oxygen atoms in total. The quantitative estimate of drug-likeness (QED) is 0.695. The van der Waals surface area contributed by atoms with E-state index in [-0.39, 0.29) is 41.9 Å². The van der Waals surface area contributed by atoms with E-state index >= 15 is 0 Å². The number of hydrogen-bond donors (Lipinski definition) is 1. The van der Waals surface area contributed by atoms with Gasteiger partial charge in [-0.05, 0) is 37.8 Å². The van der Waals surface area contributed by atoms with Gasteiger partial charge in [0.2, 0.25) is 15.9 Å². The summed E-state index contributed by atoms with van der Waals surface area (Å²) in [5.74, 6) is 0.735. The molecule has 0 bridgehead atoms. The number of benzene rings is 1. The molecule has 1 aromatic carbocycles. The Morgan fingerprint density at radius 1 is 1.00 bits per heavy atom. The second kappa shape index (κ2) is 10.2. The van der Waals surface area contributed by atoms with E-state index in [1.165, 1.54) is 17.5 Å². The third-order valence-corrected chi connectivity index (χ3v) is 8.35. The lowest BCUT2D eigenvalue weighted by Crippen LogP contribution is -2.49. The lowest BCUT2D eigenvalue weighted by Gasteiger charge is -2.34. The van der Waals surface area contributed by atoms with Crippen molar-refractivity contribution in [3.05, 3.63) is 18.2 Å². The molecule has 0 spiro atoms. The number of piperidine rings is 2. The minimum absolute atomic E-state index is 0.0157. The van der Waals surface area contributed by atoms with Gasteiger partial charge in [0, 0.05) is 50.6 Å². The zero-order valence-electron chi connectivity index (χ0n) is 18.8. The van der Waals surface area contributed by atoms with Gasteiger partial charge in [-0.1, -0.05) is 0 Å². The first-order valence-electron chi connectivity index (χ1n) is 11.4. The predicted octanol–water partition coefficient (Wildman–Crippen LogP) is 1.60. The standard InChI is InChI=1S/C22H31N3O7S/c1-30-22(27)24-9-7-17(8-10-24)23-21(26)16-5-11-25(12-6-16)33(28,29)18-3-4-19-20(15-18)32-14-2-13-31-19/h3-4,15-17H,2,5-14H2,1H3,(H,23,26). The SMILES string of the molecule is COC(=O)N1CCC(NC(=O)C2CCN(S(=O)(=O)c3ccc4c(c3)OCCCO4)CC2)CC1. The minimum atomic E-state index is -3.68. The molecule has 1 aromatic rings. The van der Waals surface area contributed by atoms with E-state index < -0.39 is 10.0 Å². The van der Waals surface area contributed by atoms with E-state index in [1.807, 2.05) is 0 Å². The Bertz CT molecular complexity index is 968. The van der Waals surface area contributed by atoms with E-state index in [0.717, 1.165) is 6.42 Å². The van der Waals surface area contributed by atoms with Crippen molar-refractivity contribution in [2.75, 3.05) is 46.5 Å². The van der Waals surface area contributed by atoms with Crippen molar-refractivity contribution >= 4 is 22.0 Å². The van der Waals surface area contributed by atoms with Crippen LogP contribution in [0.1, 0.15) is 32.1 Å². The number of amides is 2. The first-order chi connectivity index (χ1) is 15.9. The van der Waals surface area contributed by atoms with Crippen molar-refractivity contribution in [3.63, 3.8) is 0 Å². The van der Waals surface area contributed by atoms with Crippen LogP contribution in [0.5, 0.6) is 11.5 Å². The molecule has 0 saturated carbocycles. The number of carbonyl (C=O) groups excluding carboxylic acids is 2. The average Bonchev–Trinajstić information content (AvgIpc) is 3.09. The highest BCUT2D eigenvalue weighted by Crippen LogP contribution is 2.33. The first-order valence-corrected chi connectivity index (χ1v) is 12.9. The van der Waals surface area contributed by atoms with Gasteiger partial charge in [0.15, 0.2) is 11.5 Å². The van der Waals surface area contributed by atoms with Gasteiger partial charge in [0.05, 0.1) is 25.2 Å². The van der Waals surface area contributed by atoms with Crippen LogP contribution in [0.4, 0.5) is 4.79 Å². The maximum absolute atomic E-state index is 13.1. The Balaban J connectivity index is 1.30. The maximum atomic E-state index is 13.1. The summed E-state index contributed by atoms with van der Waals surface area (Å²) in [5, 5.41) is 3.08. The molecule has 3 aliphatic heterocycles. The van der Waals surface area contributed by atoms with Crippen LogP contribution in [0.15, 0.2) is 23.1 Å². The molecule has 182 valence electrons. The van der Waals surface area contributed by atoms with E-state index in [2.05, 4.69) is 5.32 Å². The molecule has 0 radical (unpaired) electrons. The van der Waals surface area contributed by atoms with Crippen LogP contribution in [0.2, 0.25) is 0 Å². The van der Waals surface area contributed by atoms with Crippen molar-refractivity contribution < 1.29 is 32.2 Å². The largest absolute Gasteiger partial charge is 0.490 e. The average molecular weight is 482 g/mol. The molecule has 4 rings (SSSR count). The molecule has 0 aromatic heterocycles. The van der Waals surface area contributed by atoms with Gasteiger partial charge in [0.25, 0.3) is 0 Å². The summed E-state index contributed by atoms with van der Waals surface area (Å²) in [6.45, 7) is 2.69. The van der Waals surface area contributed by atoms with Gasteiger partial charge in [-0.15, -0.1) is 0 Å². The number of methoxy groups -OCH3 is 1. The Hall–Kier alpha value is -2.53. The lowest BCUT2D eigenvalue weighted by molar-refractivity contribution is -0.127. The van der Waals surface area contributed by atoms with Crippen LogP contribution >= 0.6 is 0 Å². The van der Waals surface area contributed by atoms with Crippen LogP contribution in [-0.2, 0) is 19.6 Å². The van der Waals surface area contributed by atoms with Crippen molar-refractivity contribution in [3.8, 4) is 11.5 Å². The fourth-order valence-corrected chi connectivity index (χ4v) is 5.95. The monoisotopic (exact) mass is 481 g/mol. The van der Waals surface area contributed by atoms with Crippen molar-refractivity contribution in [2.24, 2.45) is 5.92 Å². The first kappa shape index (κ1) is 23.6. The fourth-order valence-electron chi connectivity index (χ4n) is 4.47. The smallest absolute Gasteiger partial charge is 0.409 e. The van der Waals surface area contributed by atoms with Crippen LogP contribution in [0.25, 0.3) is 0 Å². The molecule has 2 saturated heterocycles. The van der Waals surface area contributed by atoms with Gasteiger partial charge in [-0.3, -0.25) is 4.79 Å². The maximum Gasteiger partial charge on any atom is 0.409 e. The molecule has 0 aliphatic carbocycles. The van der Waals surface area contributed by atoms with Gasteiger partial charge in [0.1, 0.15) is 0 Å². The highest BCUT2D eigenvalue weighted by molar-refractivity contribution is 7.89. The van der Waals surface area contributed by atoms with E-state index in [0.29, 0.717) is 63.5 Å². The summed E-state index contributed by atoms with van der Waals surface area (Å²) in [6, 6.07) is 4.72. The molecule has 0 atom stereocenters. The van der Waals surface area contributed by atoms with Crippen molar-refractivity contribution in [1.82, 2.24) is 14.5 Å². The molecule has 0 unspecified atom stereocenters. The molecule has 2 amide bonds. The van der Waals surface area contributed by atoms with Gasteiger partial charge in [-0.2, -0.15) is 4.31 Å². The zero-order chi connectivity index (χ0) is 23.4. The summed E-state index contributed by atoms with van der Waals surface area (Å²) < 4.78 is 43.7. The molecular formula is C22H31N3O7S. The summed E-state index contributed by atoms with van der Waals surface area (Å²) in [5.41, 5.74) is 0. The van der Waals surface area contributed by atoms with Crippen molar-refractivity contribution in [1.29, 1.82) is 0 Å². The topological polar surface area (TPSA) is 114 Å². The normalized spacial score (nSPS) is 20.7. The Morgan fingerprint density at radius 2 is 1.67 bits per heavy atom. The Labute approximate surface area is 194 Å². The Morgan fingerprint density at radius 3 is 2.33 bits per heavy atom. The van der Waals surface area contributed by atoms with Crippen LogP contribution < -0.4 is 14.8 Å². The molecule has 33 heavy (non-hydrogen) atoms. The minimum Gasteiger partial charge on any atom is -0.490 e. The fraction of sp³-hybridized carbons (Fsp3) is 0.636. The highest BCUT2D eigenvalue weighted by atomic mass is 32.2. The molecule has 3 aliphatic rings. The number of sulfonamides is 1. The third-order valence-electron chi connectivity index (χ3n) is 6.46. The third kappa shape index (κ3) is 5.35. The number of ether oxygens (including phenoxy) is 3. The molecule has 1 N–H and O–H groups in total. The lowest BCUT2D eigenvalue weighted by atomic mass is 9.96. The van der Waals surface area contributed by atoms with E-state index in [9.17, 15) is 18.0 Å². The van der Waals surface area contributed by atoms with Crippen LogP contribution in [-0.4, -0.2) is 82.2 Å². The van der Waals surface area contributed by atoms with Gasteiger partial charge >= 0.3 is 6.09 Å². The zero-order valence-corrected chi connectivity index (χ0v) is 19.6. The van der Waals surface area contributed by atoms with Gasteiger partial charge in [-0.25, -0.2) is 13.2 Å². The van der Waals surface area contributed by atoms with Crippen LogP contribution in [0, 0.1) is 5.92 Å². The van der Waals surface area contributed by atoms with E-state index in [4.69, 9.17) is 14.2 Å². The summed E-state index contributed by atoms with van der Waals surface area (Å²) in [6.07, 6.45) is 2.70. The number of nitrogens with one attached hydrogen (secondary N) is 1. The number of carbonyl (C=O) groups is 2. The second-order valence-corrected chi connectivity index (χ2v) is 10.5. The number of rotatable bonds is 4. The molecular weight excluding hydrogens is 450 g/mol. The number of likely N-dealkylation sites (tertiary alicyclic amines) is 1. The highest BCUT2D eigenvalue weighted by Gasteiger charge is 2.34. The molecule has 11 heteroatoms. The van der Waals surface area contributed by atoms with Crippen molar-refractivity contribution in [2.45, 2.75) is 43.0 Å². The van der Waals surface area contributed by atoms with Crippen LogP contribution in [0.3, 0.4) is 0 Å². The molecule has 3 heterocycles. The summed E-state index contributed by atoms with van der Waals surface area (Å²) in [4.78, 5) is 26.1. The molecule has 2 fully saturated rings. The summed E-state index contributed by atoms with van der Waals surface area (Å²) in [7, 11) is -2.32. The predicted molar refractivity (Wildman–Crippen MR) is 119 cm³/mol.